The quantitative estimate of drug-likeness (QED) is 0.804. The van der Waals surface area contributed by atoms with Gasteiger partial charge in [0.05, 0.1) is 6.54 Å². The highest BCUT2D eigenvalue weighted by Gasteiger charge is 2.15. The van der Waals surface area contributed by atoms with E-state index in [2.05, 4.69) is 10.0 Å². The molecular formula is C16H20N2O3S2. The summed E-state index contributed by atoms with van der Waals surface area (Å²) in [4.78, 5) is 12.8. The lowest BCUT2D eigenvalue weighted by atomic mass is 9.98. The van der Waals surface area contributed by atoms with Gasteiger partial charge in [0.15, 0.2) is 0 Å². The van der Waals surface area contributed by atoms with Crippen LogP contribution in [0.25, 0.3) is 0 Å². The lowest BCUT2D eigenvalue weighted by molar-refractivity contribution is -0.121. The van der Waals surface area contributed by atoms with Gasteiger partial charge in [-0.05, 0) is 30.7 Å². The minimum Gasteiger partial charge on any atom is -0.351 e. The molecule has 1 aromatic heterocycles. The molecule has 0 aliphatic heterocycles. The molecule has 124 valence electrons. The van der Waals surface area contributed by atoms with Crippen molar-refractivity contribution in [1.82, 2.24) is 10.0 Å². The van der Waals surface area contributed by atoms with Crippen molar-refractivity contribution in [3.8, 4) is 0 Å². The molecule has 0 saturated carbocycles. The summed E-state index contributed by atoms with van der Waals surface area (Å²) in [5, 5.41) is 2.84. The van der Waals surface area contributed by atoms with Crippen molar-refractivity contribution in [3.05, 3.63) is 52.9 Å². The summed E-state index contributed by atoms with van der Waals surface area (Å²) in [6.45, 7) is 2.35. The van der Waals surface area contributed by atoms with E-state index in [9.17, 15) is 13.2 Å². The second kappa shape index (κ2) is 7.72. The summed E-state index contributed by atoms with van der Waals surface area (Å²) in [6.07, 6.45) is 0.400. The SMILES string of the molecule is CNS(=O)(=O)c1ccc(CNC(=O)CC(C)c2ccccc2)s1. The molecule has 0 saturated heterocycles. The number of carbonyl (C=O) groups is 1. The van der Waals surface area contributed by atoms with Gasteiger partial charge in [-0.3, -0.25) is 4.79 Å². The van der Waals surface area contributed by atoms with Crippen LogP contribution in [0.4, 0.5) is 0 Å². The van der Waals surface area contributed by atoms with Crippen molar-refractivity contribution < 1.29 is 13.2 Å². The summed E-state index contributed by atoms with van der Waals surface area (Å²) in [7, 11) is -2.04. The second-order valence-electron chi connectivity index (χ2n) is 5.22. The van der Waals surface area contributed by atoms with Crippen LogP contribution in [-0.4, -0.2) is 21.4 Å². The number of benzene rings is 1. The van der Waals surface area contributed by atoms with E-state index < -0.39 is 10.0 Å². The molecule has 1 heterocycles. The van der Waals surface area contributed by atoms with Crippen LogP contribution in [-0.2, 0) is 21.4 Å². The molecule has 7 heteroatoms. The highest BCUT2D eigenvalue weighted by atomic mass is 32.2. The Morgan fingerprint density at radius 1 is 1.17 bits per heavy atom. The van der Waals surface area contributed by atoms with Gasteiger partial charge in [-0.1, -0.05) is 37.3 Å². The lowest BCUT2D eigenvalue weighted by Gasteiger charge is -2.11. The van der Waals surface area contributed by atoms with Gasteiger partial charge >= 0.3 is 0 Å². The largest absolute Gasteiger partial charge is 0.351 e. The van der Waals surface area contributed by atoms with Crippen LogP contribution in [0, 0.1) is 0 Å². The van der Waals surface area contributed by atoms with E-state index in [-0.39, 0.29) is 16.0 Å². The number of amides is 1. The summed E-state index contributed by atoms with van der Waals surface area (Å²) in [5.74, 6) is 0.0903. The van der Waals surface area contributed by atoms with Crippen LogP contribution < -0.4 is 10.0 Å². The normalized spacial score (nSPS) is 12.8. The lowest BCUT2D eigenvalue weighted by Crippen LogP contribution is -2.23. The second-order valence-corrected chi connectivity index (χ2v) is 8.50. The van der Waals surface area contributed by atoms with Gasteiger partial charge in [0.1, 0.15) is 4.21 Å². The summed E-state index contributed by atoms with van der Waals surface area (Å²) >= 11 is 1.16. The zero-order chi connectivity index (χ0) is 16.9. The molecule has 2 rings (SSSR count). The summed E-state index contributed by atoms with van der Waals surface area (Å²) in [5.41, 5.74) is 1.13. The van der Waals surface area contributed by atoms with Gasteiger partial charge in [-0.2, -0.15) is 0 Å². The van der Waals surface area contributed by atoms with Crippen molar-refractivity contribution in [2.45, 2.75) is 30.0 Å². The number of hydrogen-bond donors (Lipinski definition) is 2. The highest BCUT2D eigenvalue weighted by molar-refractivity contribution is 7.91. The van der Waals surface area contributed by atoms with Crippen LogP contribution in [0.3, 0.4) is 0 Å². The molecule has 1 atom stereocenters. The Kier molecular flexibility index (Phi) is 5.92. The van der Waals surface area contributed by atoms with Gasteiger partial charge in [0.25, 0.3) is 0 Å². The number of rotatable bonds is 7. The first kappa shape index (κ1) is 17.7. The first-order valence-electron chi connectivity index (χ1n) is 7.26. The molecule has 1 unspecified atom stereocenters. The topological polar surface area (TPSA) is 75.3 Å². The Morgan fingerprint density at radius 3 is 2.52 bits per heavy atom. The molecule has 1 amide bonds. The smallest absolute Gasteiger partial charge is 0.249 e. The fourth-order valence-corrected chi connectivity index (χ4v) is 4.27. The van der Waals surface area contributed by atoms with Gasteiger partial charge in [-0.25, -0.2) is 13.1 Å². The molecular weight excluding hydrogens is 332 g/mol. The molecule has 23 heavy (non-hydrogen) atoms. The number of nitrogens with one attached hydrogen (secondary N) is 2. The first-order chi connectivity index (χ1) is 10.9. The Labute approximate surface area is 140 Å². The average Bonchev–Trinajstić information content (AvgIpc) is 3.03. The number of hydrogen-bond acceptors (Lipinski definition) is 4. The Balaban J connectivity index is 1.88. The van der Waals surface area contributed by atoms with E-state index in [0.29, 0.717) is 13.0 Å². The minimum atomic E-state index is -3.42. The van der Waals surface area contributed by atoms with E-state index in [1.54, 1.807) is 12.1 Å². The fraction of sp³-hybridized carbons (Fsp3) is 0.312. The molecule has 0 spiro atoms. The molecule has 1 aromatic carbocycles. The van der Waals surface area contributed by atoms with E-state index in [0.717, 1.165) is 21.8 Å². The molecule has 0 bridgehead atoms. The molecule has 0 aliphatic rings. The van der Waals surface area contributed by atoms with E-state index in [4.69, 9.17) is 0 Å². The number of thiophene rings is 1. The zero-order valence-electron chi connectivity index (χ0n) is 13.1. The Morgan fingerprint density at radius 2 is 1.87 bits per heavy atom. The van der Waals surface area contributed by atoms with Crippen molar-refractivity contribution in [2.75, 3.05) is 7.05 Å². The maximum atomic E-state index is 12.0. The minimum absolute atomic E-state index is 0.0484. The van der Waals surface area contributed by atoms with Gasteiger partial charge in [-0.15, -0.1) is 11.3 Å². The standard InChI is InChI=1S/C16H20N2O3S2/c1-12(13-6-4-3-5-7-13)10-15(19)18-11-14-8-9-16(22-14)23(20,21)17-2/h3-9,12,17H,10-11H2,1-2H3,(H,18,19). The Bertz CT molecular complexity index is 755. The van der Waals surface area contributed by atoms with Crippen LogP contribution in [0.1, 0.15) is 29.7 Å². The van der Waals surface area contributed by atoms with Crippen molar-refractivity contribution >= 4 is 27.3 Å². The maximum Gasteiger partial charge on any atom is 0.249 e. The number of sulfonamides is 1. The third-order valence-corrected chi connectivity index (χ3v) is 6.48. The van der Waals surface area contributed by atoms with Gasteiger partial charge in [0.2, 0.25) is 15.9 Å². The van der Waals surface area contributed by atoms with Crippen molar-refractivity contribution in [2.24, 2.45) is 0 Å². The van der Waals surface area contributed by atoms with Crippen LogP contribution in [0.5, 0.6) is 0 Å². The average molecular weight is 352 g/mol. The Hall–Kier alpha value is -1.70. The van der Waals surface area contributed by atoms with Crippen LogP contribution in [0.2, 0.25) is 0 Å². The zero-order valence-corrected chi connectivity index (χ0v) is 14.7. The molecule has 0 radical (unpaired) electrons. The summed E-state index contributed by atoms with van der Waals surface area (Å²) < 4.78 is 25.9. The molecule has 0 aliphatic carbocycles. The van der Waals surface area contributed by atoms with E-state index in [1.807, 2.05) is 37.3 Å². The van der Waals surface area contributed by atoms with Gasteiger partial charge in [0, 0.05) is 11.3 Å². The molecule has 2 N–H and O–H groups in total. The van der Waals surface area contributed by atoms with Gasteiger partial charge < -0.3 is 5.32 Å². The third-order valence-electron chi connectivity index (χ3n) is 3.49. The van der Waals surface area contributed by atoms with Crippen LogP contribution in [0.15, 0.2) is 46.7 Å². The molecule has 2 aromatic rings. The molecule has 0 fully saturated rings. The monoisotopic (exact) mass is 352 g/mol. The third kappa shape index (κ3) is 4.89. The summed E-state index contributed by atoms with van der Waals surface area (Å²) in [6, 6.07) is 13.1. The molecule has 5 nitrogen and oxygen atoms in total. The van der Waals surface area contributed by atoms with Crippen LogP contribution >= 0.6 is 11.3 Å². The predicted octanol–water partition coefficient (Wildman–Crippen LogP) is 2.47. The van der Waals surface area contributed by atoms with E-state index in [1.165, 1.54) is 7.05 Å². The maximum absolute atomic E-state index is 12.0. The first-order valence-corrected chi connectivity index (χ1v) is 9.56. The van der Waals surface area contributed by atoms with E-state index >= 15 is 0 Å². The fourth-order valence-electron chi connectivity index (χ4n) is 2.13. The van der Waals surface area contributed by atoms with Crippen molar-refractivity contribution in [3.63, 3.8) is 0 Å². The predicted molar refractivity (Wildman–Crippen MR) is 91.9 cm³/mol. The van der Waals surface area contributed by atoms with Crippen molar-refractivity contribution in [1.29, 1.82) is 0 Å². The highest BCUT2D eigenvalue weighted by Crippen LogP contribution is 2.22. The number of carbonyl (C=O) groups excluding carboxylic acids is 1.